The minimum Gasteiger partial charge on any atom is -0.493 e. The van der Waals surface area contributed by atoms with Gasteiger partial charge in [-0.25, -0.2) is 0 Å². The number of allylic oxidation sites excluding steroid dienone is 1. The molecule has 0 radical (unpaired) electrons. The van der Waals surface area contributed by atoms with E-state index in [-0.39, 0.29) is 24.9 Å². The Hall–Kier alpha value is -3.73. The molecule has 9 heteroatoms. The maximum atomic E-state index is 9.87. The quantitative estimate of drug-likeness (QED) is 0.495. The van der Waals surface area contributed by atoms with Crippen LogP contribution in [0.3, 0.4) is 0 Å². The third kappa shape index (κ3) is 3.81. The Morgan fingerprint density at radius 1 is 1.06 bits per heavy atom. The topological polar surface area (TPSA) is 96.0 Å². The van der Waals surface area contributed by atoms with Gasteiger partial charge in [0.05, 0.1) is 18.1 Å². The zero-order valence-electron chi connectivity index (χ0n) is 17.9. The summed E-state index contributed by atoms with van der Waals surface area (Å²) in [5.74, 6) is 1.79. The van der Waals surface area contributed by atoms with Crippen LogP contribution in [0.25, 0.3) is 0 Å². The van der Waals surface area contributed by atoms with Gasteiger partial charge >= 0.3 is 0 Å². The van der Waals surface area contributed by atoms with Gasteiger partial charge in [-0.2, -0.15) is 5.26 Å². The molecule has 0 aliphatic carbocycles. The number of rotatable bonds is 5. The summed E-state index contributed by atoms with van der Waals surface area (Å²) in [5, 5.41) is 10.8. The molecule has 0 amide bonds. The van der Waals surface area contributed by atoms with Crippen LogP contribution in [0.5, 0.6) is 28.7 Å². The number of hydrogen-bond acceptors (Lipinski definition) is 7. The summed E-state index contributed by atoms with van der Waals surface area (Å²) >= 11 is 12.9. The highest BCUT2D eigenvalue weighted by atomic mass is 35.5. The number of ether oxygens (including phenoxy) is 5. The lowest BCUT2D eigenvalue weighted by Crippen LogP contribution is -2.21. The van der Waals surface area contributed by atoms with E-state index in [2.05, 4.69) is 6.07 Å². The van der Waals surface area contributed by atoms with E-state index in [1.807, 2.05) is 18.2 Å². The van der Waals surface area contributed by atoms with Crippen LogP contribution in [-0.2, 0) is 6.61 Å². The van der Waals surface area contributed by atoms with Gasteiger partial charge in [0.1, 0.15) is 24.0 Å². The molecule has 0 spiro atoms. The smallest absolute Gasteiger partial charge is 0.231 e. The van der Waals surface area contributed by atoms with Gasteiger partial charge in [-0.05, 0) is 29.8 Å². The highest BCUT2D eigenvalue weighted by molar-refractivity contribution is 6.32. The second-order valence-corrected chi connectivity index (χ2v) is 8.40. The summed E-state index contributed by atoms with van der Waals surface area (Å²) in [7, 11) is 1.52. The molecule has 34 heavy (non-hydrogen) atoms. The monoisotopic (exact) mass is 496 g/mol. The van der Waals surface area contributed by atoms with E-state index in [4.69, 9.17) is 52.6 Å². The SMILES string of the molecule is COc1cc([C@@H]2C(C#N)=C(N)Oc3cc4c(cc32)OCO4)cc(Cl)c1OCc1ccccc1Cl. The Morgan fingerprint density at radius 3 is 2.56 bits per heavy atom. The van der Waals surface area contributed by atoms with Crippen LogP contribution in [0, 0.1) is 11.3 Å². The standard InChI is InChI=1S/C25H18Cl2N2O5/c1-30-22-7-14(6-18(27)24(22)31-11-13-4-2-3-5-17(13)26)23-15-8-20-21(33-12-32-20)9-19(15)34-25(29)16(23)10-28/h2-9,23H,11-12,29H2,1H3/t23-/m0/s1. The third-order valence-electron chi connectivity index (χ3n) is 5.63. The maximum Gasteiger partial charge on any atom is 0.231 e. The van der Waals surface area contributed by atoms with Crippen molar-refractivity contribution in [3.63, 3.8) is 0 Å². The van der Waals surface area contributed by atoms with E-state index in [0.717, 1.165) is 5.56 Å². The Labute approximate surface area is 205 Å². The van der Waals surface area contributed by atoms with Gasteiger partial charge in [0, 0.05) is 22.2 Å². The van der Waals surface area contributed by atoms with Crippen LogP contribution in [0.1, 0.15) is 22.6 Å². The third-order valence-corrected chi connectivity index (χ3v) is 6.27. The number of methoxy groups -OCH3 is 1. The highest BCUT2D eigenvalue weighted by Gasteiger charge is 2.34. The molecular formula is C25H18Cl2N2O5. The average molecular weight is 497 g/mol. The predicted octanol–water partition coefficient (Wildman–Crippen LogP) is 5.53. The number of benzene rings is 3. The zero-order chi connectivity index (χ0) is 23.8. The summed E-state index contributed by atoms with van der Waals surface area (Å²) in [4.78, 5) is 0. The van der Waals surface area contributed by atoms with E-state index in [1.54, 1.807) is 30.3 Å². The van der Waals surface area contributed by atoms with Gasteiger partial charge in [0.2, 0.25) is 12.7 Å². The van der Waals surface area contributed by atoms with Crippen molar-refractivity contribution in [2.45, 2.75) is 12.5 Å². The van der Waals surface area contributed by atoms with Crippen molar-refractivity contribution in [2.24, 2.45) is 5.73 Å². The van der Waals surface area contributed by atoms with Crippen molar-refractivity contribution in [2.75, 3.05) is 13.9 Å². The van der Waals surface area contributed by atoms with Crippen LogP contribution in [0.4, 0.5) is 0 Å². The van der Waals surface area contributed by atoms with E-state index in [9.17, 15) is 5.26 Å². The number of halogens is 2. The largest absolute Gasteiger partial charge is 0.493 e. The Balaban J connectivity index is 1.56. The average Bonchev–Trinajstić information content (AvgIpc) is 3.29. The van der Waals surface area contributed by atoms with Crippen LogP contribution in [0.15, 0.2) is 60.0 Å². The van der Waals surface area contributed by atoms with Crippen LogP contribution in [-0.4, -0.2) is 13.9 Å². The van der Waals surface area contributed by atoms with Crippen molar-refractivity contribution < 1.29 is 23.7 Å². The maximum absolute atomic E-state index is 9.87. The van der Waals surface area contributed by atoms with E-state index in [1.165, 1.54) is 7.11 Å². The first-order chi connectivity index (χ1) is 16.5. The fourth-order valence-corrected chi connectivity index (χ4v) is 4.47. The molecule has 0 unspecified atom stereocenters. The van der Waals surface area contributed by atoms with Gasteiger partial charge < -0.3 is 29.4 Å². The highest BCUT2D eigenvalue weighted by Crippen LogP contribution is 2.50. The van der Waals surface area contributed by atoms with Gasteiger partial charge in [-0.1, -0.05) is 41.4 Å². The van der Waals surface area contributed by atoms with Gasteiger partial charge in [-0.3, -0.25) is 0 Å². The fourth-order valence-electron chi connectivity index (χ4n) is 4.00. The van der Waals surface area contributed by atoms with Crippen LogP contribution >= 0.6 is 23.2 Å². The second kappa shape index (κ2) is 8.90. The summed E-state index contributed by atoms with van der Waals surface area (Å²) < 4.78 is 28.2. The summed E-state index contributed by atoms with van der Waals surface area (Å²) in [6, 6.07) is 16.5. The Kier molecular flexibility index (Phi) is 5.78. The first-order valence-corrected chi connectivity index (χ1v) is 11.0. The molecule has 0 fully saturated rings. The van der Waals surface area contributed by atoms with E-state index >= 15 is 0 Å². The summed E-state index contributed by atoms with van der Waals surface area (Å²) in [6.45, 7) is 0.309. The molecule has 2 aliphatic rings. The summed E-state index contributed by atoms with van der Waals surface area (Å²) in [6.07, 6.45) is 0. The van der Waals surface area contributed by atoms with Crippen LogP contribution < -0.4 is 29.4 Å². The second-order valence-electron chi connectivity index (χ2n) is 7.58. The van der Waals surface area contributed by atoms with E-state index in [0.29, 0.717) is 49.9 Å². The lowest BCUT2D eigenvalue weighted by atomic mass is 9.83. The van der Waals surface area contributed by atoms with Crippen molar-refractivity contribution in [1.82, 2.24) is 0 Å². The molecule has 0 bridgehead atoms. The molecule has 0 aromatic heterocycles. The number of nitrogens with two attached hydrogens (primary N) is 1. The molecule has 0 saturated carbocycles. The summed E-state index contributed by atoms with van der Waals surface area (Å²) in [5.41, 5.74) is 8.52. The van der Waals surface area contributed by atoms with Gasteiger partial charge in [-0.15, -0.1) is 0 Å². The Bertz CT molecular complexity index is 1370. The minimum absolute atomic E-state index is 0.00741. The number of hydrogen-bond donors (Lipinski definition) is 1. The minimum atomic E-state index is -0.563. The number of nitrogens with zero attached hydrogens (tertiary/aromatic N) is 1. The molecule has 3 aromatic carbocycles. The van der Waals surface area contributed by atoms with Gasteiger partial charge in [0.15, 0.2) is 23.0 Å². The molecule has 2 heterocycles. The zero-order valence-corrected chi connectivity index (χ0v) is 19.4. The van der Waals surface area contributed by atoms with Crippen molar-refractivity contribution >= 4 is 23.2 Å². The molecule has 3 aromatic rings. The Morgan fingerprint density at radius 2 is 1.82 bits per heavy atom. The lowest BCUT2D eigenvalue weighted by molar-refractivity contribution is 0.174. The van der Waals surface area contributed by atoms with E-state index < -0.39 is 5.92 Å². The van der Waals surface area contributed by atoms with Gasteiger partial charge in [0.25, 0.3) is 0 Å². The van der Waals surface area contributed by atoms with Crippen molar-refractivity contribution in [3.8, 4) is 34.8 Å². The van der Waals surface area contributed by atoms with Crippen LogP contribution in [0.2, 0.25) is 10.0 Å². The molecule has 0 saturated heterocycles. The molecule has 1 atom stereocenters. The molecule has 2 N–H and O–H groups in total. The molecular weight excluding hydrogens is 479 g/mol. The molecule has 2 aliphatic heterocycles. The normalized spacial score (nSPS) is 15.9. The fraction of sp³-hybridized carbons (Fsp3) is 0.160. The number of fused-ring (bicyclic) bond motifs is 2. The lowest BCUT2D eigenvalue weighted by Gasteiger charge is -2.27. The molecule has 5 rings (SSSR count). The van der Waals surface area contributed by atoms with Crippen molar-refractivity contribution in [1.29, 1.82) is 5.26 Å². The first-order valence-electron chi connectivity index (χ1n) is 10.2. The first kappa shape index (κ1) is 22.1. The van der Waals surface area contributed by atoms with Crippen molar-refractivity contribution in [3.05, 3.63) is 86.7 Å². The molecule has 172 valence electrons. The predicted molar refractivity (Wildman–Crippen MR) is 126 cm³/mol. The molecule has 7 nitrogen and oxygen atoms in total. The number of nitriles is 1.